The van der Waals surface area contributed by atoms with Crippen LogP contribution in [0.4, 0.5) is 0 Å². The highest BCUT2D eigenvalue weighted by Gasteiger charge is 2.32. The van der Waals surface area contributed by atoms with E-state index in [4.69, 9.17) is 15.1 Å². The number of nitrogens with one attached hydrogen (secondary N) is 1. The third kappa shape index (κ3) is 5.84. The molecule has 29 heavy (non-hydrogen) atoms. The molecule has 9 nitrogen and oxygen atoms in total. The molecule has 0 fully saturated rings. The van der Waals surface area contributed by atoms with Crippen LogP contribution in [0.3, 0.4) is 0 Å². The van der Waals surface area contributed by atoms with E-state index in [-0.39, 0.29) is 29.8 Å². The molecule has 0 radical (unpaired) electrons. The minimum Gasteiger partial charge on any atom is -0.478 e. The Bertz CT molecular complexity index is 931. The molecule has 0 heterocycles. The van der Waals surface area contributed by atoms with Crippen LogP contribution in [0.15, 0.2) is 59.5 Å². The Hall–Kier alpha value is -2.79. The van der Waals surface area contributed by atoms with E-state index in [0.29, 0.717) is 0 Å². The molecule has 2 aromatic rings. The fourth-order valence-electron chi connectivity index (χ4n) is 2.71. The first kappa shape index (κ1) is 22.5. The number of carboxylic acids is 1. The Labute approximate surface area is 168 Å². The van der Waals surface area contributed by atoms with E-state index in [1.165, 1.54) is 36.9 Å². The number of hydroxylamine groups is 1. The van der Waals surface area contributed by atoms with Gasteiger partial charge in [0.15, 0.2) is 0 Å². The van der Waals surface area contributed by atoms with Crippen molar-refractivity contribution < 1.29 is 33.1 Å². The van der Waals surface area contributed by atoms with Crippen molar-refractivity contribution >= 4 is 21.9 Å². The summed E-state index contributed by atoms with van der Waals surface area (Å²) in [5, 5.41) is 17.7. The van der Waals surface area contributed by atoms with Crippen molar-refractivity contribution in [2.45, 2.75) is 24.0 Å². The highest BCUT2D eigenvalue weighted by atomic mass is 32.2. The van der Waals surface area contributed by atoms with Crippen LogP contribution in [0.25, 0.3) is 0 Å². The molecule has 3 N–H and O–H groups in total. The van der Waals surface area contributed by atoms with Gasteiger partial charge < -0.3 is 9.84 Å². The second-order valence-corrected chi connectivity index (χ2v) is 8.00. The van der Waals surface area contributed by atoms with Crippen LogP contribution in [-0.4, -0.2) is 54.8 Å². The summed E-state index contributed by atoms with van der Waals surface area (Å²) in [6, 6.07) is 13.8. The molecule has 1 amide bonds. The second-order valence-electron chi connectivity index (χ2n) is 6.11. The van der Waals surface area contributed by atoms with Crippen molar-refractivity contribution in [2.24, 2.45) is 0 Å². The average molecular weight is 422 g/mol. The maximum Gasteiger partial charge on any atom is 0.335 e. The smallest absolute Gasteiger partial charge is 0.335 e. The summed E-state index contributed by atoms with van der Waals surface area (Å²) in [4.78, 5) is 22.4. The topological polar surface area (TPSA) is 133 Å². The maximum absolute atomic E-state index is 13.2. The average Bonchev–Trinajstić information content (AvgIpc) is 2.73. The van der Waals surface area contributed by atoms with Crippen LogP contribution in [0.1, 0.15) is 22.3 Å². The minimum absolute atomic E-state index is 0.0530. The fraction of sp³-hybridized carbons (Fsp3) is 0.263. The third-order valence-corrected chi connectivity index (χ3v) is 6.14. The molecule has 2 aromatic carbocycles. The molecule has 0 aliphatic heterocycles. The number of rotatable bonds is 10. The van der Waals surface area contributed by atoms with Crippen LogP contribution in [0.5, 0.6) is 0 Å². The maximum atomic E-state index is 13.2. The normalized spacial score (nSPS) is 12.5. The first-order chi connectivity index (χ1) is 13.8. The Morgan fingerprint density at radius 3 is 2.24 bits per heavy atom. The zero-order valence-electron chi connectivity index (χ0n) is 15.7. The summed E-state index contributed by atoms with van der Waals surface area (Å²) in [6.45, 7) is -0.249. The van der Waals surface area contributed by atoms with E-state index in [0.717, 1.165) is 9.87 Å². The van der Waals surface area contributed by atoms with Gasteiger partial charge >= 0.3 is 5.97 Å². The van der Waals surface area contributed by atoms with E-state index in [1.54, 1.807) is 0 Å². The zero-order chi connectivity index (χ0) is 21.4. The van der Waals surface area contributed by atoms with Crippen LogP contribution in [0.2, 0.25) is 0 Å². The molecule has 0 saturated heterocycles. The highest BCUT2D eigenvalue weighted by molar-refractivity contribution is 7.89. The monoisotopic (exact) mass is 422 g/mol. The van der Waals surface area contributed by atoms with E-state index in [9.17, 15) is 18.0 Å². The number of sulfonamides is 1. The highest BCUT2D eigenvalue weighted by Crippen LogP contribution is 2.22. The first-order valence-corrected chi connectivity index (χ1v) is 10.1. The Balaban J connectivity index is 2.38. The van der Waals surface area contributed by atoms with Crippen LogP contribution in [0, 0.1) is 0 Å². The van der Waals surface area contributed by atoms with E-state index in [2.05, 4.69) is 0 Å². The number of hydrogen-bond acceptors (Lipinski definition) is 6. The van der Waals surface area contributed by atoms with Gasteiger partial charge in [-0.3, -0.25) is 10.0 Å². The molecular weight excluding hydrogens is 400 g/mol. The van der Waals surface area contributed by atoms with Gasteiger partial charge in [-0.2, -0.15) is 4.31 Å². The molecule has 0 spiro atoms. The number of carbonyl (C=O) groups excluding carboxylic acids is 1. The number of ether oxygens (including phenoxy) is 1. The summed E-state index contributed by atoms with van der Waals surface area (Å²) < 4.78 is 32.8. The number of amides is 1. The molecule has 1 atom stereocenters. The van der Waals surface area contributed by atoms with Gasteiger partial charge in [0.25, 0.3) is 0 Å². The molecule has 156 valence electrons. The second kappa shape index (κ2) is 10.1. The largest absolute Gasteiger partial charge is 0.478 e. The SMILES string of the molecule is COC(Cc1ccccc1)N(CCC(=O)NO)S(=O)(=O)c1ccc(C(=O)O)cc1. The van der Waals surface area contributed by atoms with Gasteiger partial charge in [0.2, 0.25) is 15.9 Å². The van der Waals surface area contributed by atoms with Gasteiger partial charge in [0.1, 0.15) is 6.23 Å². The lowest BCUT2D eigenvalue weighted by atomic mass is 10.1. The number of carboxylic acid groups (broad SMARTS) is 1. The fourth-order valence-corrected chi connectivity index (χ4v) is 4.26. The van der Waals surface area contributed by atoms with Gasteiger partial charge in [-0.15, -0.1) is 0 Å². The van der Waals surface area contributed by atoms with Gasteiger partial charge in [-0.05, 0) is 29.8 Å². The van der Waals surface area contributed by atoms with Gasteiger partial charge in [-0.25, -0.2) is 18.7 Å². The van der Waals surface area contributed by atoms with Crippen LogP contribution in [-0.2, 0) is 26.0 Å². The zero-order valence-corrected chi connectivity index (χ0v) is 16.5. The van der Waals surface area contributed by atoms with Gasteiger partial charge in [0, 0.05) is 26.5 Å². The number of benzene rings is 2. The van der Waals surface area contributed by atoms with Crippen molar-refractivity contribution in [1.29, 1.82) is 0 Å². The first-order valence-electron chi connectivity index (χ1n) is 8.64. The molecule has 0 saturated carbocycles. The molecule has 0 aliphatic carbocycles. The molecule has 0 aliphatic rings. The van der Waals surface area contributed by atoms with E-state index in [1.807, 2.05) is 30.3 Å². The van der Waals surface area contributed by atoms with Crippen LogP contribution < -0.4 is 5.48 Å². The molecule has 2 rings (SSSR count). The molecule has 1 unspecified atom stereocenters. The molecular formula is C19H22N2O7S. The lowest BCUT2D eigenvalue weighted by molar-refractivity contribution is -0.129. The summed E-state index contributed by atoms with van der Waals surface area (Å²) in [7, 11) is -2.77. The van der Waals surface area contributed by atoms with Gasteiger partial charge in [-0.1, -0.05) is 30.3 Å². The van der Waals surface area contributed by atoms with E-state index >= 15 is 0 Å². The number of carbonyl (C=O) groups is 2. The Morgan fingerprint density at radius 2 is 1.72 bits per heavy atom. The Kier molecular flexibility index (Phi) is 7.85. The van der Waals surface area contributed by atoms with Gasteiger partial charge in [0.05, 0.1) is 10.5 Å². The number of nitrogens with zero attached hydrogens (tertiary/aromatic N) is 1. The predicted molar refractivity (Wildman–Crippen MR) is 103 cm³/mol. The lowest BCUT2D eigenvalue weighted by Gasteiger charge is -2.30. The summed E-state index contributed by atoms with van der Waals surface area (Å²) in [5.74, 6) is -1.93. The summed E-state index contributed by atoms with van der Waals surface area (Å²) in [5.41, 5.74) is 2.24. The number of aromatic carboxylic acids is 1. The van der Waals surface area contributed by atoms with Crippen molar-refractivity contribution in [3.8, 4) is 0 Å². The molecule has 10 heteroatoms. The van der Waals surface area contributed by atoms with Crippen LogP contribution >= 0.6 is 0 Å². The van der Waals surface area contributed by atoms with Crippen molar-refractivity contribution in [2.75, 3.05) is 13.7 Å². The lowest BCUT2D eigenvalue weighted by Crippen LogP contribution is -2.44. The van der Waals surface area contributed by atoms with E-state index < -0.39 is 28.1 Å². The minimum atomic E-state index is -4.13. The van der Waals surface area contributed by atoms with Crippen molar-refractivity contribution in [1.82, 2.24) is 9.79 Å². The Morgan fingerprint density at radius 1 is 1.10 bits per heavy atom. The predicted octanol–water partition coefficient (Wildman–Crippen LogP) is 1.49. The summed E-state index contributed by atoms with van der Waals surface area (Å²) in [6.07, 6.45) is -0.990. The quantitative estimate of drug-likeness (QED) is 0.300. The number of hydrogen-bond donors (Lipinski definition) is 3. The summed E-state index contributed by atoms with van der Waals surface area (Å²) >= 11 is 0. The molecule has 0 bridgehead atoms. The van der Waals surface area contributed by atoms with Crippen molar-refractivity contribution in [3.63, 3.8) is 0 Å². The third-order valence-electron chi connectivity index (χ3n) is 4.24. The number of methoxy groups -OCH3 is 1. The van der Waals surface area contributed by atoms with Crippen molar-refractivity contribution in [3.05, 3.63) is 65.7 Å². The standard InChI is InChI=1S/C19H22N2O7S/c1-28-18(13-14-5-3-2-4-6-14)21(12-11-17(22)20-25)29(26,27)16-9-7-15(8-10-16)19(23)24/h2-10,18,25H,11-13H2,1H3,(H,20,22)(H,23,24). The molecule has 0 aromatic heterocycles.